The molecule has 1 saturated heterocycles. The molecule has 1 aliphatic rings. The molecule has 2 heterocycles. The molecule has 106 valence electrons. The van der Waals surface area contributed by atoms with Gasteiger partial charge in [0.25, 0.3) is 0 Å². The standard InChI is InChI=1S/C14H19N5O/c1-11(18-9-5-8-13(20)10-18)14-15-16-17-19(14)12-6-3-2-4-7-12/h2-4,6-7,11,13,20H,5,8-10H2,1H3. The largest absolute Gasteiger partial charge is 0.392 e. The number of hydrogen-bond acceptors (Lipinski definition) is 5. The number of aliphatic hydroxyl groups excluding tert-OH is 1. The zero-order valence-corrected chi connectivity index (χ0v) is 11.6. The molecule has 0 amide bonds. The van der Waals surface area contributed by atoms with Crippen molar-refractivity contribution < 1.29 is 5.11 Å². The van der Waals surface area contributed by atoms with Gasteiger partial charge in [-0.15, -0.1) is 5.10 Å². The number of aromatic nitrogens is 4. The van der Waals surface area contributed by atoms with E-state index < -0.39 is 0 Å². The van der Waals surface area contributed by atoms with Crippen molar-refractivity contribution in [3.05, 3.63) is 36.2 Å². The lowest BCUT2D eigenvalue weighted by atomic mass is 10.1. The number of nitrogens with zero attached hydrogens (tertiary/aromatic N) is 5. The first-order valence-corrected chi connectivity index (χ1v) is 7.01. The van der Waals surface area contributed by atoms with Crippen molar-refractivity contribution in [3.63, 3.8) is 0 Å². The normalized spacial score (nSPS) is 21.8. The number of likely N-dealkylation sites (tertiary alicyclic amines) is 1. The Kier molecular flexibility index (Phi) is 3.75. The van der Waals surface area contributed by atoms with Crippen molar-refractivity contribution in [1.82, 2.24) is 25.1 Å². The number of rotatable bonds is 3. The summed E-state index contributed by atoms with van der Waals surface area (Å²) in [6.07, 6.45) is 1.65. The summed E-state index contributed by atoms with van der Waals surface area (Å²) in [4.78, 5) is 2.24. The fourth-order valence-corrected chi connectivity index (χ4v) is 2.71. The van der Waals surface area contributed by atoms with Crippen molar-refractivity contribution in [2.75, 3.05) is 13.1 Å². The van der Waals surface area contributed by atoms with E-state index in [1.54, 1.807) is 4.68 Å². The third-order valence-corrected chi connectivity index (χ3v) is 3.84. The Morgan fingerprint density at radius 1 is 1.30 bits per heavy atom. The van der Waals surface area contributed by atoms with Crippen LogP contribution in [-0.2, 0) is 0 Å². The van der Waals surface area contributed by atoms with Gasteiger partial charge in [-0.05, 0) is 48.9 Å². The zero-order chi connectivity index (χ0) is 13.9. The van der Waals surface area contributed by atoms with Gasteiger partial charge in [0, 0.05) is 6.54 Å². The number of β-amino-alcohol motifs (C(OH)–C–C–N with tert-alkyl or cyclic N) is 1. The van der Waals surface area contributed by atoms with Gasteiger partial charge in [-0.3, -0.25) is 4.90 Å². The van der Waals surface area contributed by atoms with Crippen LogP contribution in [0.15, 0.2) is 30.3 Å². The van der Waals surface area contributed by atoms with Gasteiger partial charge in [0.2, 0.25) is 0 Å². The minimum atomic E-state index is -0.243. The summed E-state index contributed by atoms with van der Waals surface area (Å²) in [6, 6.07) is 9.96. The molecular weight excluding hydrogens is 254 g/mol. The fourth-order valence-electron chi connectivity index (χ4n) is 2.71. The molecule has 3 rings (SSSR count). The van der Waals surface area contributed by atoms with E-state index in [0.717, 1.165) is 30.9 Å². The van der Waals surface area contributed by atoms with Gasteiger partial charge < -0.3 is 5.11 Å². The van der Waals surface area contributed by atoms with Crippen LogP contribution in [0, 0.1) is 0 Å². The molecule has 20 heavy (non-hydrogen) atoms. The summed E-state index contributed by atoms with van der Waals surface area (Å²) in [7, 11) is 0. The van der Waals surface area contributed by atoms with Gasteiger partial charge in [0.1, 0.15) is 0 Å². The molecule has 0 saturated carbocycles. The summed E-state index contributed by atoms with van der Waals surface area (Å²) in [5.41, 5.74) is 0.955. The highest BCUT2D eigenvalue weighted by molar-refractivity contribution is 5.30. The minimum absolute atomic E-state index is 0.0835. The molecular formula is C14H19N5O. The third-order valence-electron chi connectivity index (χ3n) is 3.84. The van der Waals surface area contributed by atoms with Crippen molar-refractivity contribution in [3.8, 4) is 5.69 Å². The van der Waals surface area contributed by atoms with Crippen LogP contribution < -0.4 is 0 Å². The van der Waals surface area contributed by atoms with Gasteiger partial charge in [0.05, 0.1) is 17.8 Å². The van der Waals surface area contributed by atoms with Crippen LogP contribution >= 0.6 is 0 Å². The first kappa shape index (κ1) is 13.2. The van der Waals surface area contributed by atoms with Gasteiger partial charge in [-0.25, -0.2) is 0 Å². The minimum Gasteiger partial charge on any atom is -0.392 e. The molecule has 1 aromatic carbocycles. The van der Waals surface area contributed by atoms with Crippen molar-refractivity contribution >= 4 is 0 Å². The lowest BCUT2D eigenvalue weighted by Gasteiger charge is -2.34. The average Bonchev–Trinajstić information content (AvgIpc) is 2.97. The molecule has 0 aliphatic carbocycles. The molecule has 6 heteroatoms. The van der Waals surface area contributed by atoms with Gasteiger partial charge in [-0.1, -0.05) is 18.2 Å². The maximum atomic E-state index is 9.81. The van der Waals surface area contributed by atoms with Crippen LogP contribution in [0.2, 0.25) is 0 Å². The monoisotopic (exact) mass is 273 g/mol. The van der Waals surface area contributed by atoms with Crippen LogP contribution in [0.25, 0.3) is 5.69 Å². The van der Waals surface area contributed by atoms with Crippen molar-refractivity contribution in [1.29, 1.82) is 0 Å². The van der Waals surface area contributed by atoms with Gasteiger partial charge in [-0.2, -0.15) is 4.68 Å². The van der Waals surface area contributed by atoms with E-state index in [-0.39, 0.29) is 12.1 Å². The Morgan fingerprint density at radius 3 is 2.85 bits per heavy atom. The van der Waals surface area contributed by atoms with E-state index >= 15 is 0 Å². The van der Waals surface area contributed by atoms with E-state index in [0.29, 0.717) is 6.54 Å². The summed E-state index contributed by atoms with van der Waals surface area (Å²) in [5.74, 6) is 0.810. The molecule has 2 atom stereocenters. The number of aliphatic hydroxyl groups is 1. The second kappa shape index (κ2) is 5.68. The van der Waals surface area contributed by atoms with Crippen LogP contribution in [0.5, 0.6) is 0 Å². The first-order valence-electron chi connectivity index (χ1n) is 7.01. The topological polar surface area (TPSA) is 67.1 Å². The lowest BCUT2D eigenvalue weighted by molar-refractivity contribution is 0.0478. The fraction of sp³-hybridized carbons (Fsp3) is 0.500. The molecule has 1 aromatic heterocycles. The van der Waals surface area contributed by atoms with Crippen molar-refractivity contribution in [2.45, 2.75) is 31.9 Å². The van der Waals surface area contributed by atoms with Gasteiger partial charge in [0.15, 0.2) is 5.82 Å². The Morgan fingerprint density at radius 2 is 2.10 bits per heavy atom. The summed E-state index contributed by atoms with van der Waals surface area (Å²) < 4.78 is 1.77. The summed E-state index contributed by atoms with van der Waals surface area (Å²) in [6.45, 7) is 3.74. The van der Waals surface area contributed by atoms with Crippen LogP contribution in [-0.4, -0.2) is 49.4 Å². The molecule has 2 aromatic rings. The quantitative estimate of drug-likeness (QED) is 0.909. The molecule has 1 fully saturated rings. The molecule has 0 spiro atoms. The molecule has 6 nitrogen and oxygen atoms in total. The van der Waals surface area contributed by atoms with Crippen LogP contribution in [0.4, 0.5) is 0 Å². The van der Waals surface area contributed by atoms with E-state index in [9.17, 15) is 5.11 Å². The highest BCUT2D eigenvalue weighted by Gasteiger charge is 2.26. The summed E-state index contributed by atoms with van der Waals surface area (Å²) >= 11 is 0. The predicted molar refractivity (Wildman–Crippen MR) is 74.4 cm³/mol. The van der Waals surface area contributed by atoms with Crippen LogP contribution in [0.1, 0.15) is 31.6 Å². The summed E-state index contributed by atoms with van der Waals surface area (Å²) in [5, 5.41) is 21.9. The second-order valence-corrected chi connectivity index (χ2v) is 5.25. The maximum Gasteiger partial charge on any atom is 0.173 e. The number of piperidine rings is 1. The average molecular weight is 273 g/mol. The van der Waals surface area contributed by atoms with E-state index in [4.69, 9.17) is 0 Å². The maximum absolute atomic E-state index is 9.81. The van der Waals surface area contributed by atoms with E-state index in [1.165, 1.54) is 0 Å². The predicted octanol–water partition coefficient (Wildman–Crippen LogP) is 1.18. The Hall–Kier alpha value is -1.79. The Balaban J connectivity index is 1.86. The Labute approximate surface area is 118 Å². The Bertz CT molecular complexity index is 556. The second-order valence-electron chi connectivity index (χ2n) is 5.25. The van der Waals surface area contributed by atoms with E-state index in [1.807, 2.05) is 30.3 Å². The zero-order valence-electron chi connectivity index (χ0n) is 11.6. The number of tetrazole rings is 1. The van der Waals surface area contributed by atoms with Crippen molar-refractivity contribution in [2.24, 2.45) is 0 Å². The van der Waals surface area contributed by atoms with E-state index in [2.05, 4.69) is 27.3 Å². The lowest BCUT2D eigenvalue weighted by Crippen LogP contribution is -2.40. The van der Waals surface area contributed by atoms with Gasteiger partial charge >= 0.3 is 0 Å². The molecule has 2 unspecified atom stereocenters. The third kappa shape index (κ3) is 2.57. The molecule has 0 radical (unpaired) electrons. The molecule has 0 bridgehead atoms. The molecule has 1 N–H and O–H groups in total. The number of hydrogen-bond donors (Lipinski definition) is 1. The highest BCUT2D eigenvalue weighted by atomic mass is 16.3. The smallest absolute Gasteiger partial charge is 0.173 e. The highest BCUT2D eigenvalue weighted by Crippen LogP contribution is 2.23. The molecule has 1 aliphatic heterocycles. The van der Waals surface area contributed by atoms with Crippen LogP contribution in [0.3, 0.4) is 0 Å². The first-order chi connectivity index (χ1) is 9.75. The SMILES string of the molecule is CC(c1nnnn1-c1ccccc1)N1CCCC(O)C1. The number of benzene rings is 1. The number of para-hydroxylation sites is 1.